The number of amides is 2. The molecule has 0 saturated heterocycles. The highest BCUT2D eigenvalue weighted by atomic mass is 16.5. The van der Waals surface area contributed by atoms with Crippen LogP contribution in [0.2, 0.25) is 0 Å². The quantitative estimate of drug-likeness (QED) is 0.261. The molecule has 2 atom stereocenters. The lowest BCUT2D eigenvalue weighted by Crippen LogP contribution is -2.44. The molecule has 3 rings (SSSR count). The zero-order chi connectivity index (χ0) is 27.8. The lowest BCUT2D eigenvalue weighted by atomic mass is 9.98. The van der Waals surface area contributed by atoms with Gasteiger partial charge in [0.25, 0.3) is 5.91 Å². The highest BCUT2D eigenvalue weighted by Crippen LogP contribution is 2.38. The average Bonchev–Trinajstić information content (AvgIpc) is 2.91. The van der Waals surface area contributed by atoms with E-state index in [4.69, 9.17) is 20.9 Å². The Morgan fingerprint density at radius 1 is 1.05 bits per heavy atom. The van der Waals surface area contributed by atoms with Gasteiger partial charge in [-0.15, -0.1) is 0 Å². The Balaban J connectivity index is 2.04. The molecule has 0 fully saturated rings. The number of carbonyl (C=O) groups excluding carboxylic acids is 2. The monoisotopic (exact) mass is 521 g/mol. The average molecular weight is 522 g/mol. The number of pyridine rings is 1. The summed E-state index contributed by atoms with van der Waals surface area (Å²) in [4.78, 5) is 29.5. The topological polar surface area (TPSA) is 142 Å². The number of nitrogens with two attached hydrogens (primary N) is 2. The van der Waals surface area contributed by atoms with Crippen molar-refractivity contribution in [3.63, 3.8) is 0 Å². The van der Waals surface area contributed by atoms with Crippen LogP contribution in [0.4, 0.5) is 11.4 Å². The van der Waals surface area contributed by atoms with Crippen LogP contribution in [-0.4, -0.2) is 36.1 Å². The number of hydrogen-bond acceptors (Lipinski definition) is 7. The van der Waals surface area contributed by atoms with Crippen molar-refractivity contribution >= 4 is 34.1 Å². The van der Waals surface area contributed by atoms with Gasteiger partial charge in [0, 0.05) is 29.9 Å². The number of aromatic nitrogens is 1. The number of anilines is 2. The van der Waals surface area contributed by atoms with Crippen molar-refractivity contribution in [3.05, 3.63) is 53.2 Å². The van der Waals surface area contributed by atoms with Gasteiger partial charge in [-0.2, -0.15) is 0 Å². The summed E-state index contributed by atoms with van der Waals surface area (Å²) in [6.45, 7) is 11.1. The maximum Gasteiger partial charge on any atom is 0.252 e. The van der Waals surface area contributed by atoms with E-state index in [1.165, 1.54) is 6.20 Å². The van der Waals surface area contributed by atoms with Crippen molar-refractivity contribution in [2.45, 2.75) is 60.0 Å². The van der Waals surface area contributed by atoms with Crippen LogP contribution in [0.15, 0.2) is 36.5 Å². The van der Waals surface area contributed by atoms with E-state index in [1.807, 2.05) is 58.9 Å². The second-order valence-electron chi connectivity index (χ2n) is 9.14. The van der Waals surface area contributed by atoms with Crippen LogP contribution in [-0.2, 0) is 17.8 Å². The summed E-state index contributed by atoms with van der Waals surface area (Å²) >= 11 is 0. The van der Waals surface area contributed by atoms with Crippen molar-refractivity contribution in [1.82, 2.24) is 10.3 Å². The van der Waals surface area contributed by atoms with E-state index in [-0.39, 0.29) is 17.4 Å². The number of fused-ring (bicyclic) bond motifs is 1. The molecule has 2 aromatic carbocycles. The summed E-state index contributed by atoms with van der Waals surface area (Å²) in [5, 5.41) is 7.09. The third-order valence-corrected chi connectivity index (χ3v) is 6.70. The number of nitrogens with one attached hydrogen (secondary N) is 2. The Hall–Kier alpha value is -3.85. The minimum absolute atomic E-state index is 0.0886. The van der Waals surface area contributed by atoms with Crippen LogP contribution >= 0.6 is 0 Å². The summed E-state index contributed by atoms with van der Waals surface area (Å²) in [5.74, 6) is 0.442. The third-order valence-electron chi connectivity index (χ3n) is 6.70. The molecule has 2 amide bonds. The predicted octanol–water partition coefficient (Wildman–Crippen LogP) is 4.43. The predicted molar refractivity (Wildman–Crippen MR) is 151 cm³/mol. The van der Waals surface area contributed by atoms with Gasteiger partial charge in [0.15, 0.2) is 11.5 Å². The van der Waals surface area contributed by atoms with Crippen molar-refractivity contribution in [2.24, 2.45) is 17.4 Å². The Morgan fingerprint density at radius 2 is 1.74 bits per heavy atom. The van der Waals surface area contributed by atoms with Gasteiger partial charge >= 0.3 is 0 Å². The number of benzene rings is 2. The molecule has 6 N–H and O–H groups in total. The van der Waals surface area contributed by atoms with Gasteiger partial charge in [0.05, 0.1) is 36.0 Å². The van der Waals surface area contributed by atoms with Gasteiger partial charge in [0.1, 0.15) is 0 Å². The van der Waals surface area contributed by atoms with Crippen LogP contribution in [0.3, 0.4) is 0 Å². The molecular weight excluding hydrogens is 482 g/mol. The first kappa shape index (κ1) is 28.7. The number of nitrogens with zero attached hydrogens (tertiary/aromatic N) is 1. The largest absolute Gasteiger partial charge is 0.490 e. The molecule has 0 saturated carbocycles. The number of carbonyl (C=O) groups is 2. The Morgan fingerprint density at radius 3 is 2.34 bits per heavy atom. The fourth-order valence-electron chi connectivity index (χ4n) is 4.34. The third kappa shape index (κ3) is 6.34. The number of primary amides is 1. The molecule has 0 spiro atoms. The minimum Gasteiger partial charge on any atom is -0.490 e. The summed E-state index contributed by atoms with van der Waals surface area (Å²) in [6, 6.07) is 8.87. The SMILES string of the molecule is CCOc1cc2ncc(C(N)=O)c(Nc3cccc(CNC(=O)[C@@H](N)[C@@H](C)CC)c3CC)c2cc1OCC. The number of rotatable bonds is 13. The lowest BCUT2D eigenvalue weighted by Gasteiger charge is -2.21. The smallest absolute Gasteiger partial charge is 0.252 e. The molecule has 0 radical (unpaired) electrons. The van der Waals surface area contributed by atoms with Crippen LogP contribution in [0, 0.1) is 5.92 Å². The molecule has 1 aromatic heterocycles. The standard InChI is InChI=1S/C29H39N5O4/c1-6-17(5)26(30)29(36)33-15-18-11-10-12-22(19(18)7-2)34-27-20-13-24(37-8-3)25(38-9-4)14-23(20)32-16-21(27)28(31)35/h10-14,16-17,26H,6-9,15,30H2,1-5H3,(H2,31,35)(H,32,34)(H,33,36)/t17-,26-/m0/s1. The van der Waals surface area contributed by atoms with Gasteiger partial charge in [-0.05, 0) is 49.4 Å². The highest BCUT2D eigenvalue weighted by Gasteiger charge is 2.21. The summed E-state index contributed by atoms with van der Waals surface area (Å²) in [7, 11) is 0. The second kappa shape index (κ2) is 13.1. The van der Waals surface area contributed by atoms with E-state index in [9.17, 15) is 9.59 Å². The van der Waals surface area contributed by atoms with Crippen molar-refractivity contribution in [2.75, 3.05) is 18.5 Å². The van der Waals surface area contributed by atoms with Crippen molar-refractivity contribution in [3.8, 4) is 11.5 Å². The van der Waals surface area contributed by atoms with E-state index in [1.54, 1.807) is 6.07 Å². The van der Waals surface area contributed by atoms with E-state index < -0.39 is 11.9 Å². The van der Waals surface area contributed by atoms with E-state index >= 15 is 0 Å². The van der Waals surface area contributed by atoms with Crippen LogP contribution < -0.4 is 31.6 Å². The first-order chi connectivity index (χ1) is 18.2. The van der Waals surface area contributed by atoms with Crippen LogP contribution in [0.5, 0.6) is 11.5 Å². The zero-order valence-electron chi connectivity index (χ0n) is 22.9. The maximum atomic E-state index is 12.6. The molecule has 38 heavy (non-hydrogen) atoms. The summed E-state index contributed by atoms with van der Waals surface area (Å²) < 4.78 is 11.6. The van der Waals surface area contributed by atoms with E-state index in [0.29, 0.717) is 54.3 Å². The van der Waals surface area contributed by atoms with Gasteiger partial charge < -0.3 is 31.6 Å². The molecule has 0 aliphatic carbocycles. The van der Waals surface area contributed by atoms with E-state index in [0.717, 1.165) is 23.2 Å². The Bertz CT molecular complexity index is 1290. The highest BCUT2D eigenvalue weighted by molar-refractivity contribution is 6.08. The Kier molecular flexibility index (Phi) is 9.90. The summed E-state index contributed by atoms with van der Waals surface area (Å²) in [5.41, 5.74) is 16.0. The first-order valence-electron chi connectivity index (χ1n) is 13.2. The molecule has 1 heterocycles. The number of hydrogen-bond donors (Lipinski definition) is 4. The van der Waals surface area contributed by atoms with Crippen molar-refractivity contribution in [1.29, 1.82) is 0 Å². The molecule has 0 aliphatic rings. The normalized spacial score (nSPS) is 12.6. The molecule has 9 heteroatoms. The van der Waals surface area contributed by atoms with Gasteiger partial charge in [-0.1, -0.05) is 39.3 Å². The molecule has 0 unspecified atom stereocenters. The van der Waals surface area contributed by atoms with Gasteiger partial charge in [-0.25, -0.2) is 0 Å². The molecule has 3 aromatic rings. The molecule has 9 nitrogen and oxygen atoms in total. The maximum absolute atomic E-state index is 12.6. The van der Waals surface area contributed by atoms with Crippen LogP contribution in [0.25, 0.3) is 10.9 Å². The van der Waals surface area contributed by atoms with Crippen LogP contribution in [0.1, 0.15) is 62.5 Å². The first-order valence-corrected chi connectivity index (χ1v) is 13.2. The number of ether oxygens (including phenoxy) is 2. The summed E-state index contributed by atoms with van der Waals surface area (Å²) in [6.07, 6.45) is 2.99. The molecule has 0 bridgehead atoms. The molecular formula is C29H39N5O4. The molecule has 204 valence electrons. The minimum atomic E-state index is -0.603. The van der Waals surface area contributed by atoms with Gasteiger partial charge in [0.2, 0.25) is 5.91 Å². The van der Waals surface area contributed by atoms with E-state index in [2.05, 4.69) is 15.6 Å². The fraction of sp³-hybridized carbons (Fsp3) is 0.414. The Labute approximate surface area is 224 Å². The van der Waals surface area contributed by atoms with Gasteiger partial charge in [-0.3, -0.25) is 14.6 Å². The fourth-order valence-corrected chi connectivity index (χ4v) is 4.34. The zero-order valence-corrected chi connectivity index (χ0v) is 22.9. The van der Waals surface area contributed by atoms with Crippen molar-refractivity contribution < 1.29 is 19.1 Å². The lowest BCUT2D eigenvalue weighted by molar-refractivity contribution is -0.123. The second-order valence-corrected chi connectivity index (χ2v) is 9.14. The molecule has 0 aliphatic heterocycles.